The fourth-order valence-electron chi connectivity index (χ4n) is 3.53. The first-order valence-electron chi connectivity index (χ1n) is 12.3. The molecule has 0 radical (unpaired) electrons. The Morgan fingerprint density at radius 2 is 1.73 bits per heavy atom. The van der Waals surface area contributed by atoms with Gasteiger partial charge >= 0.3 is 0 Å². The van der Waals surface area contributed by atoms with Gasteiger partial charge in [-0.15, -0.1) is 22.0 Å². The molecule has 0 bridgehead atoms. The van der Waals surface area contributed by atoms with E-state index in [9.17, 15) is 14.4 Å². The Morgan fingerprint density at radius 3 is 2.40 bits per heavy atom. The third-order valence-electron chi connectivity index (χ3n) is 5.50. The van der Waals surface area contributed by atoms with Crippen molar-refractivity contribution in [1.29, 1.82) is 0 Å². The highest BCUT2D eigenvalue weighted by molar-refractivity contribution is 9.10. The van der Waals surface area contributed by atoms with Crippen LogP contribution in [0.1, 0.15) is 34.3 Å². The predicted octanol–water partition coefficient (Wildman–Crippen LogP) is 6.53. The van der Waals surface area contributed by atoms with Gasteiger partial charge in [0, 0.05) is 20.6 Å². The molecule has 0 aliphatic heterocycles. The van der Waals surface area contributed by atoms with Crippen molar-refractivity contribution >= 4 is 73.6 Å². The third-order valence-corrected chi connectivity index (χ3v) is 8.14. The van der Waals surface area contributed by atoms with Crippen LogP contribution in [-0.4, -0.2) is 33.2 Å². The first-order valence-corrected chi connectivity index (χ1v) is 14.8. The monoisotopic (exact) mass is 635 g/mol. The number of anilines is 2. The smallest absolute Gasteiger partial charge is 0.272 e. The first-order chi connectivity index (χ1) is 19.3. The van der Waals surface area contributed by atoms with Crippen LogP contribution in [0.15, 0.2) is 93.9 Å². The van der Waals surface area contributed by atoms with E-state index in [4.69, 9.17) is 0 Å². The summed E-state index contributed by atoms with van der Waals surface area (Å²) in [7, 11) is 0. The Morgan fingerprint density at radius 1 is 0.975 bits per heavy atom. The number of hydrogen-bond donors (Lipinski definition) is 3. The summed E-state index contributed by atoms with van der Waals surface area (Å²) < 4.78 is 0.899. The molecule has 0 fully saturated rings. The Hall–Kier alpha value is -3.80. The molecule has 3 amide bonds. The minimum absolute atomic E-state index is 0.0902. The molecule has 4 rings (SSSR count). The maximum Gasteiger partial charge on any atom is 0.272 e. The molecular formula is C29H26BrN5O3S2. The van der Waals surface area contributed by atoms with Crippen molar-refractivity contribution in [2.75, 3.05) is 10.6 Å². The molecule has 1 aromatic heterocycles. The summed E-state index contributed by atoms with van der Waals surface area (Å²) in [5.41, 5.74) is 1.80. The molecule has 1 heterocycles. The number of nitrogens with zero attached hydrogens (tertiary/aromatic N) is 2. The van der Waals surface area contributed by atoms with E-state index in [1.54, 1.807) is 48.5 Å². The highest BCUT2D eigenvalue weighted by Crippen LogP contribution is 2.29. The van der Waals surface area contributed by atoms with Crippen LogP contribution in [-0.2, 0) is 9.59 Å². The molecular weight excluding hydrogens is 610 g/mol. The van der Waals surface area contributed by atoms with E-state index >= 15 is 0 Å². The highest BCUT2D eigenvalue weighted by atomic mass is 79.9. The van der Waals surface area contributed by atoms with Crippen molar-refractivity contribution in [3.05, 3.63) is 105 Å². The summed E-state index contributed by atoms with van der Waals surface area (Å²) in [6, 6.07) is 23.3. The number of amides is 3. The molecule has 0 spiro atoms. The SMILES string of the molecule is CCC(Sc1cccc(NC(=O)/C(=C/c2ccc(Br)cc2)NC(=O)c2ccccc2)c1)C(=O)Nc1nnc(C)s1. The van der Waals surface area contributed by atoms with Gasteiger partial charge in [-0.3, -0.25) is 19.7 Å². The molecule has 0 aliphatic carbocycles. The van der Waals surface area contributed by atoms with Crippen LogP contribution in [0, 0.1) is 6.92 Å². The molecule has 0 saturated carbocycles. The second-order valence-corrected chi connectivity index (χ2v) is 11.9. The van der Waals surface area contributed by atoms with Crippen molar-refractivity contribution in [3.8, 4) is 0 Å². The summed E-state index contributed by atoms with van der Waals surface area (Å²) in [6.45, 7) is 3.76. The van der Waals surface area contributed by atoms with E-state index in [0.717, 1.165) is 19.9 Å². The lowest BCUT2D eigenvalue weighted by molar-refractivity contribution is -0.116. The molecule has 11 heteroatoms. The normalized spacial score (nSPS) is 11.9. The zero-order valence-electron chi connectivity index (χ0n) is 21.7. The summed E-state index contributed by atoms with van der Waals surface area (Å²) in [4.78, 5) is 39.9. The molecule has 3 aromatic carbocycles. The minimum Gasteiger partial charge on any atom is -0.321 e. The van der Waals surface area contributed by atoms with E-state index in [1.165, 1.54) is 23.1 Å². The van der Waals surface area contributed by atoms with Gasteiger partial charge in [0.15, 0.2) is 0 Å². The van der Waals surface area contributed by atoms with Crippen molar-refractivity contribution in [2.24, 2.45) is 0 Å². The van der Waals surface area contributed by atoms with E-state index < -0.39 is 11.8 Å². The number of halogens is 1. The maximum atomic E-state index is 13.4. The number of thioether (sulfide) groups is 1. The summed E-state index contributed by atoms with van der Waals surface area (Å²) in [5.74, 6) is -1.04. The fraction of sp³-hybridized carbons (Fsp3) is 0.138. The van der Waals surface area contributed by atoms with Crippen molar-refractivity contribution in [1.82, 2.24) is 15.5 Å². The van der Waals surface area contributed by atoms with E-state index in [1.807, 2.05) is 50.2 Å². The lowest BCUT2D eigenvalue weighted by Gasteiger charge is -2.15. The minimum atomic E-state index is -0.481. The molecule has 1 unspecified atom stereocenters. The van der Waals surface area contributed by atoms with E-state index in [2.05, 4.69) is 42.1 Å². The molecule has 3 N–H and O–H groups in total. The van der Waals surface area contributed by atoms with E-state index in [0.29, 0.717) is 22.8 Å². The third kappa shape index (κ3) is 8.35. The first kappa shape index (κ1) is 29.2. The number of aromatic nitrogens is 2. The fourth-order valence-corrected chi connectivity index (χ4v) is 5.41. The van der Waals surface area contributed by atoms with Gasteiger partial charge in [-0.2, -0.15) is 0 Å². The Balaban J connectivity index is 1.49. The number of carbonyl (C=O) groups excluding carboxylic acids is 3. The van der Waals surface area contributed by atoms with Gasteiger partial charge in [0.2, 0.25) is 11.0 Å². The van der Waals surface area contributed by atoms with Crippen LogP contribution >= 0.6 is 39.0 Å². The lowest BCUT2D eigenvalue weighted by Crippen LogP contribution is -2.30. The number of hydrogen-bond acceptors (Lipinski definition) is 7. The number of carbonyl (C=O) groups is 3. The molecule has 40 heavy (non-hydrogen) atoms. The maximum absolute atomic E-state index is 13.4. The zero-order chi connectivity index (χ0) is 28.5. The predicted molar refractivity (Wildman–Crippen MR) is 164 cm³/mol. The van der Waals surface area contributed by atoms with Gasteiger partial charge < -0.3 is 10.6 Å². The standard InChI is InChI=1S/C29H26BrN5O3S2/c1-3-25(28(38)33-29-35-34-18(2)39-29)40-23-11-7-10-22(17-23)31-27(37)24(16-19-12-14-21(30)15-13-19)32-26(36)20-8-5-4-6-9-20/h4-17,25H,3H2,1-2H3,(H,31,37)(H,32,36)(H,33,35,38)/b24-16-. The van der Waals surface area contributed by atoms with Crippen LogP contribution in [0.3, 0.4) is 0 Å². The van der Waals surface area contributed by atoms with Crippen LogP contribution in [0.5, 0.6) is 0 Å². The second kappa shape index (κ2) is 14.0. The Labute approximate surface area is 248 Å². The highest BCUT2D eigenvalue weighted by Gasteiger charge is 2.20. The van der Waals surface area contributed by atoms with Crippen LogP contribution in [0.4, 0.5) is 10.8 Å². The lowest BCUT2D eigenvalue weighted by atomic mass is 10.1. The topological polar surface area (TPSA) is 113 Å². The van der Waals surface area contributed by atoms with Crippen molar-refractivity contribution < 1.29 is 14.4 Å². The van der Waals surface area contributed by atoms with Gasteiger partial charge in [-0.1, -0.05) is 70.6 Å². The van der Waals surface area contributed by atoms with Crippen molar-refractivity contribution in [2.45, 2.75) is 30.4 Å². The van der Waals surface area contributed by atoms with Gasteiger partial charge in [-0.25, -0.2) is 0 Å². The summed E-state index contributed by atoms with van der Waals surface area (Å²) >= 11 is 6.11. The summed E-state index contributed by atoms with van der Waals surface area (Å²) in [5, 5.41) is 17.2. The van der Waals surface area contributed by atoms with Crippen LogP contribution in [0.25, 0.3) is 6.08 Å². The van der Waals surface area contributed by atoms with E-state index in [-0.39, 0.29) is 16.9 Å². The van der Waals surface area contributed by atoms with Gasteiger partial charge in [0.1, 0.15) is 10.7 Å². The van der Waals surface area contributed by atoms with Gasteiger partial charge in [-0.05, 0) is 67.4 Å². The van der Waals surface area contributed by atoms with Crippen LogP contribution in [0.2, 0.25) is 0 Å². The van der Waals surface area contributed by atoms with Gasteiger partial charge in [0.25, 0.3) is 11.8 Å². The molecule has 1 atom stereocenters. The van der Waals surface area contributed by atoms with Crippen molar-refractivity contribution in [3.63, 3.8) is 0 Å². The molecule has 0 saturated heterocycles. The number of rotatable bonds is 10. The van der Waals surface area contributed by atoms with Gasteiger partial charge in [0.05, 0.1) is 5.25 Å². The van der Waals surface area contributed by atoms with Crippen LogP contribution < -0.4 is 16.0 Å². The number of nitrogens with one attached hydrogen (secondary N) is 3. The number of aryl methyl sites for hydroxylation is 1. The number of benzene rings is 3. The Kier molecular flexibility index (Phi) is 10.2. The largest absolute Gasteiger partial charge is 0.321 e. The summed E-state index contributed by atoms with van der Waals surface area (Å²) in [6.07, 6.45) is 2.21. The molecule has 0 aliphatic rings. The quantitative estimate of drug-likeness (QED) is 0.135. The molecule has 204 valence electrons. The molecule has 8 nitrogen and oxygen atoms in total. The average molecular weight is 637 g/mol. The Bertz CT molecular complexity index is 1520. The second-order valence-electron chi connectivity index (χ2n) is 8.54. The average Bonchev–Trinajstić information content (AvgIpc) is 3.37. The molecule has 4 aromatic rings. The zero-order valence-corrected chi connectivity index (χ0v) is 24.9.